The second-order valence-electron chi connectivity index (χ2n) is 8.06. The molecule has 0 unspecified atom stereocenters. The van der Waals surface area contributed by atoms with Crippen molar-refractivity contribution in [2.75, 3.05) is 11.9 Å². The van der Waals surface area contributed by atoms with Gasteiger partial charge >= 0.3 is 0 Å². The topological polar surface area (TPSA) is 51.2 Å². The molecule has 1 N–H and O–H groups in total. The second-order valence-corrected chi connectivity index (χ2v) is 8.49. The molecule has 0 saturated heterocycles. The van der Waals surface area contributed by atoms with Crippen molar-refractivity contribution in [3.05, 3.63) is 52.7 Å². The van der Waals surface area contributed by atoms with Crippen LogP contribution in [0.3, 0.4) is 0 Å². The number of rotatable bonds is 3. The van der Waals surface area contributed by atoms with E-state index in [-0.39, 0.29) is 17.2 Å². The maximum atomic E-state index is 12.7. The van der Waals surface area contributed by atoms with Crippen LogP contribution in [-0.2, 0) is 10.2 Å². The van der Waals surface area contributed by atoms with E-state index in [4.69, 9.17) is 16.3 Å². The first-order valence-corrected chi connectivity index (χ1v) is 10.0. The maximum absolute atomic E-state index is 12.7. The Balaban J connectivity index is 1.40. The van der Waals surface area contributed by atoms with Gasteiger partial charge in [0.2, 0.25) is 11.8 Å². The summed E-state index contributed by atoms with van der Waals surface area (Å²) >= 11 is 5.91. The molecule has 2 aliphatic rings. The molecule has 142 valence electrons. The van der Waals surface area contributed by atoms with Crippen molar-refractivity contribution in [1.82, 2.24) is 4.98 Å². The van der Waals surface area contributed by atoms with E-state index < -0.39 is 0 Å². The number of pyridine rings is 1. The van der Waals surface area contributed by atoms with Gasteiger partial charge in [0.25, 0.3) is 0 Å². The number of nitrogens with one attached hydrogen (secondary N) is 1. The van der Waals surface area contributed by atoms with Crippen LogP contribution in [0.2, 0.25) is 5.02 Å². The average molecular weight is 385 g/mol. The van der Waals surface area contributed by atoms with Crippen molar-refractivity contribution >= 4 is 23.2 Å². The minimum absolute atomic E-state index is 0.0181. The zero-order chi connectivity index (χ0) is 19.0. The molecule has 1 amide bonds. The van der Waals surface area contributed by atoms with Crippen LogP contribution in [0.4, 0.5) is 5.69 Å². The SMILES string of the molecule is Cc1cnc2c(c1)C1(CCC([C@@H](C)C(=O)Nc3ccc(Cl)cc3)CC1)CO2. The van der Waals surface area contributed by atoms with Gasteiger partial charge in [-0.2, -0.15) is 0 Å². The van der Waals surface area contributed by atoms with Crippen LogP contribution in [-0.4, -0.2) is 17.5 Å². The number of hydrogen-bond acceptors (Lipinski definition) is 3. The quantitative estimate of drug-likeness (QED) is 0.797. The van der Waals surface area contributed by atoms with Gasteiger partial charge in [-0.25, -0.2) is 4.98 Å². The molecular weight excluding hydrogens is 360 g/mol. The van der Waals surface area contributed by atoms with Crippen LogP contribution in [0.5, 0.6) is 5.88 Å². The summed E-state index contributed by atoms with van der Waals surface area (Å²) in [5.74, 6) is 1.26. The predicted octanol–water partition coefficient (Wildman–Crippen LogP) is 5.14. The van der Waals surface area contributed by atoms with E-state index >= 15 is 0 Å². The highest BCUT2D eigenvalue weighted by Crippen LogP contribution is 2.49. The lowest BCUT2D eigenvalue weighted by atomic mass is 9.65. The number of benzene rings is 1. The fourth-order valence-corrected chi connectivity index (χ4v) is 4.57. The smallest absolute Gasteiger partial charge is 0.227 e. The molecule has 2 aromatic rings. The Hall–Kier alpha value is -2.07. The highest BCUT2D eigenvalue weighted by molar-refractivity contribution is 6.30. The molecule has 5 heteroatoms. The summed E-state index contributed by atoms with van der Waals surface area (Å²) in [4.78, 5) is 17.1. The number of aryl methyl sites for hydroxylation is 1. The van der Waals surface area contributed by atoms with Gasteiger partial charge in [0, 0.05) is 33.8 Å². The highest BCUT2D eigenvalue weighted by Gasteiger charge is 2.45. The summed E-state index contributed by atoms with van der Waals surface area (Å²) in [7, 11) is 0. The zero-order valence-electron chi connectivity index (χ0n) is 15.8. The Labute approximate surface area is 165 Å². The predicted molar refractivity (Wildman–Crippen MR) is 107 cm³/mol. The second kappa shape index (κ2) is 7.16. The van der Waals surface area contributed by atoms with Crippen LogP contribution in [0.25, 0.3) is 0 Å². The molecule has 1 aliphatic carbocycles. The lowest BCUT2D eigenvalue weighted by Crippen LogP contribution is -2.37. The molecular formula is C22H25ClN2O2. The molecule has 0 radical (unpaired) electrons. The molecule has 2 heterocycles. The first-order valence-electron chi connectivity index (χ1n) is 9.63. The first kappa shape index (κ1) is 18.3. The van der Waals surface area contributed by atoms with E-state index in [9.17, 15) is 4.79 Å². The molecule has 1 atom stereocenters. The van der Waals surface area contributed by atoms with E-state index in [1.54, 1.807) is 12.1 Å². The fraction of sp³-hybridized carbons (Fsp3) is 0.455. The van der Waals surface area contributed by atoms with Crippen molar-refractivity contribution in [3.63, 3.8) is 0 Å². The number of amides is 1. The summed E-state index contributed by atoms with van der Waals surface area (Å²) in [6, 6.07) is 9.49. The van der Waals surface area contributed by atoms with Crippen LogP contribution in [0.15, 0.2) is 36.5 Å². The number of aromatic nitrogens is 1. The third-order valence-electron chi connectivity index (χ3n) is 6.26. The summed E-state index contributed by atoms with van der Waals surface area (Å²) < 4.78 is 5.88. The van der Waals surface area contributed by atoms with E-state index in [0.717, 1.165) is 43.9 Å². The molecule has 4 nitrogen and oxygen atoms in total. The van der Waals surface area contributed by atoms with Gasteiger partial charge in [0.15, 0.2) is 0 Å². The largest absolute Gasteiger partial charge is 0.476 e. The average Bonchev–Trinajstić information content (AvgIpc) is 3.01. The number of hydrogen-bond donors (Lipinski definition) is 1. The summed E-state index contributed by atoms with van der Waals surface area (Å²) in [6.45, 7) is 4.84. The Morgan fingerprint density at radius 3 is 2.70 bits per heavy atom. The molecule has 1 spiro atoms. The van der Waals surface area contributed by atoms with Crippen LogP contribution >= 0.6 is 11.6 Å². The van der Waals surface area contributed by atoms with Gasteiger partial charge in [0.1, 0.15) is 0 Å². The molecule has 1 saturated carbocycles. The van der Waals surface area contributed by atoms with E-state index in [2.05, 4.69) is 23.3 Å². The minimum Gasteiger partial charge on any atom is -0.476 e. The van der Waals surface area contributed by atoms with E-state index in [1.807, 2.05) is 25.3 Å². The number of carbonyl (C=O) groups is 1. The summed E-state index contributed by atoms with van der Waals surface area (Å²) in [5.41, 5.74) is 3.32. The minimum atomic E-state index is -0.0181. The Morgan fingerprint density at radius 1 is 1.30 bits per heavy atom. The summed E-state index contributed by atoms with van der Waals surface area (Å²) in [6.07, 6.45) is 6.03. The lowest BCUT2D eigenvalue weighted by Gasteiger charge is -2.38. The molecule has 1 aliphatic heterocycles. The third kappa shape index (κ3) is 3.55. The van der Waals surface area contributed by atoms with Crippen LogP contribution < -0.4 is 10.1 Å². The molecule has 1 fully saturated rings. The highest BCUT2D eigenvalue weighted by atomic mass is 35.5. The van der Waals surface area contributed by atoms with Gasteiger partial charge < -0.3 is 10.1 Å². The third-order valence-corrected chi connectivity index (χ3v) is 6.52. The normalized spacial score (nSPS) is 24.9. The monoisotopic (exact) mass is 384 g/mol. The van der Waals surface area contributed by atoms with Gasteiger partial charge in [0.05, 0.1) is 6.61 Å². The molecule has 1 aromatic carbocycles. The fourth-order valence-electron chi connectivity index (χ4n) is 4.45. The number of halogens is 1. The molecule has 27 heavy (non-hydrogen) atoms. The van der Waals surface area contributed by atoms with Crippen molar-refractivity contribution in [1.29, 1.82) is 0 Å². The standard InChI is InChI=1S/C22H25ClN2O2/c1-14-11-19-21(24-12-14)27-13-22(19)9-7-16(8-10-22)15(2)20(26)25-18-5-3-17(23)4-6-18/h3-6,11-12,15-16H,7-10,13H2,1-2H3,(H,25,26)/t15-,16?,22?/m1/s1. The maximum Gasteiger partial charge on any atom is 0.227 e. The van der Waals surface area contributed by atoms with Crippen LogP contribution in [0, 0.1) is 18.8 Å². The number of fused-ring (bicyclic) bond motifs is 2. The van der Waals surface area contributed by atoms with Crippen LogP contribution in [0.1, 0.15) is 43.7 Å². The van der Waals surface area contributed by atoms with Gasteiger partial charge in [-0.15, -0.1) is 0 Å². The van der Waals surface area contributed by atoms with Crippen molar-refractivity contribution in [3.8, 4) is 5.88 Å². The Morgan fingerprint density at radius 2 is 2.00 bits per heavy atom. The van der Waals surface area contributed by atoms with Crippen molar-refractivity contribution < 1.29 is 9.53 Å². The number of anilines is 1. The van der Waals surface area contributed by atoms with E-state index in [1.165, 1.54) is 11.1 Å². The number of carbonyl (C=O) groups excluding carboxylic acids is 1. The lowest BCUT2D eigenvalue weighted by molar-refractivity contribution is -0.121. The van der Waals surface area contributed by atoms with Crippen molar-refractivity contribution in [2.45, 2.75) is 44.9 Å². The zero-order valence-corrected chi connectivity index (χ0v) is 16.6. The Kier molecular flexibility index (Phi) is 4.85. The van der Waals surface area contributed by atoms with Gasteiger partial charge in [-0.05, 0) is 74.4 Å². The first-order chi connectivity index (χ1) is 13.0. The molecule has 0 bridgehead atoms. The molecule has 4 rings (SSSR count). The number of nitrogens with zero attached hydrogens (tertiary/aromatic N) is 1. The van der Waals surface area contributed by atoms with Crippen molar-refractivity contribution in [2.24, 2.45) is 11.8 Å². The molecule has 1 aromatic heterocycles. The van der Waals surface area contributed by atoms with Gasteiger partial charge in [-0.1, -0.05) is 18.5 Å². The van der Waals surface area contributed by atoms with E-state index in [0.29, 0.717) is 10.9 Å². The Bertz CT molecular complexity index is 842. The summed E-state index contributed by atoms with van der Waals surface area (Å²) in [5, 5.41) is 3.69. The van der Waals surface area contributed by atoms with Gasteiger partial charge in [-0.3, -0.25) is 4.79 Å². The number of ether oxygens (including phenoxy) is 1.